The van der Waals surface area contributed by atoms with Crippen LogP contribution < -0.4 is 0 Å². The number of carbonyl (C=O) groups excluding carboxylic acids is 1. The molecule has 4 rings (SSSR count). The van der Waals surface area contributed by atoms with Crippen LogP contribution in [0.15, 0.2) is 48.7 Å². The van der Waals surface area contributed by atoms with E-state index >= 15 is 0 Å². The number of nitrogens with zero attached hydrogens (tertiary/aromatic N) is 3. The summed E-state index contributed by atoms with van der Waals surface area (Å²) < 4.78 is 14.6. The second kappa shape index (κ2) is 6.90. The van der Waals surface area contributed by atoms with Gasteiger partial charge in [-0.1, -0.05) is 12.1 Å². The summed E-state index contributed by atoms with van der Waals surface area (Å²) in [5, 5.41) is 0.532. The van der Waals surface area contributed by atoms with Gasteiger partial charge in [0.25, 0.3) is 5.91 Å². The van der Waals surface area contributed by atoms with E-state index in [2.05, 4.69) is 9.88 Å². The molecule has 1 fully saturated rings. The summed E-state index contributed by atoms with van der Waals surface area (Å²) in [7, 11) is 0. The largest absolute Gasteiger partial charge is 0.335 e. The molecule has 25 heavy (non-hydrogen) atoms. The van der Waals surface area contributed by atoms with Gasteiger partial charge in [-0.2, -0.15) is 0 Å². The van der Waals surface area contributed by atoms with E-state index in [9.17, 15) is 9.18 Å². The number of thiophene rings is 1. The van der Waals surface area contributed by atoms with Crippen LogP contribution in [0.1, 0.15) is 15.4 Å². The predicted octanol–water partition coefficient (Wildman–Crippen LogP) is 3.39. The number of hydrogen-bond donors (Lipinski definition) is 0. The van der Waals surface area contributed by atoms with Crippen LogP contribution in [0.2, 0.25) is 0 Å². The van der Waals surface area contributed by atoms with E-state index in [0.717, 1.165) is 30.0 Å². The lowest BCUT2D eigenvalue weighted by Crippen LogP contribution is -2.48. The summed E-state index contributed by atoms with van der Waals surface area (Å²) in [5.74, 6) is -0.272. The van der Waals surface area contributed by atoms with Crippen molar-refractivity contribution in [3.63, 3.8) is 0 Å². The van der Waals surface area contributed by atoms with Gasteiger partial charge in [0.05, 0.1) is 10.6 Å². The van der Waals surface area contributed by atoms with Gasteiger partial charge < -0.3 is 4.90 Å². The van der Waals surface area contributed by atoms with E-state index < -0.39 is 0 Å². The zero-order valence-corrected chi connectivity index (χ0v) is 14.5. The lowest BCUT2D eigenvalue weighted by atomic mass is 10.2. The zero-order valence-electron chi connectivity index (χ0n) is 13.7. The molecule has 0 saturated carbocycles. The number of benzene rings is 1. The van der Waals surface area contributed by atoms with E-state index in [0.29, 0.717) is 23.4 Å². The first-order valence-corrected chi connectivity index (χ1v) is 9.12. The van der Waals surface area contributed by atoms with E-state index in [-0.39, 0.29) is 11.7 Å². The minimum absolute atomic E-state index is 0.00177. The Morgan fingerprint density at radius 1 is 1.12 bits per heavy atom. The van der Waals surface area contributed by atoms with E-state index in [1.54, 1.807) is 18.3 Å². The molecule has 0 bridgehead atoms. The van der Waals surface area contributed by atoms with Gasteiger partial charge in [-0.15, -0.1) is 11.3 Å². The Kier molecular flexibility index (Phi) is 4.46. The number of hydrogen-bond acceptors (Lipinski definition) is 4. The van der Waals surface area contributed by atoms with Crippen LogP contribution in [0, 0.1) is 5.82 Å². The topological polar surface area (TPSA) is 36.4 Å². The van der Waals surface area contributed by atoms with Gasteiger partial charge in [0.1, 0.15) is 5.82 Å². The molecule has 3 heterocycles. The highest BCUT2D eigenvalue weighted by atomic mass is 32.1. The van der Waals surface area contributed by atoms with Crippen molar-refractivity contribution in [3.05, 3.63) is 65.0 Å². The average molecular weight is 355 g/mol. The zero-order chi connectivity index (χ0) is 17.2. The Labute approximate surface area is 149 Å². The second-order valence-electron chi connectivity index (χ2n) is 6.15. The third-order valence-corrected chi connectivity index (χ3v) is 5.58. The van der Waals surface area contributed by atoms with Crippen LogP contribution in [-0.4, -0.2) is 46.9 Å². The Balaban J connectivity index is 1.41. The first-order chi connectivity index (χ1) is 12.2. The molecule has 6 heteroatoms. The number of aromatic nitrogens is 1. The molecule has 0 aliphatic carbocycles. The van der Waals surface area contributed by atoms with Crippen molar-refractivity contribution in [2.45, 2.75) is 6.54 Å². The first kappa shape index (κ1) is 16.2. The standard InChI is InChI=1S/C19H18FN3OS/c20-16-5-3-6-17-15(16)12-18(25-17)19(24)23-10-8-22(9-11-23)13-14-4-1-2-7-21-14/h1-7,12H,8-11,13H2. The van der Waals surface area contributed by atoms with Crippen LogP contribution in [0.5, 0.6) is 0 Å². The molecule has 0 unspecified atom stereocenters. The normalized spacial score (nSPS) is 15.6. The highest BCUT2D eigenvalue weighted by Gasteiger charge is 2.24. The van der Waals surface area contributed by atoms with E-state index in [1.165, 1.54) is 17.4 Å². The van der Waals surface area contributed by atoms with Crippen LogP contribution in [0.25, 0.3) is 10.1 Å². The fourth-order valence-electron chi connectivity index (χ4n) is 3.12. The van der Waals surface area contributed by atoms with Crippen molar-refractivity contribution in [1.82, 2.24) is 14.8 Å². The average Bonchev–Trinajstić information content (AvgIpc) is 3.08. The molecule has 1 saturated heterocycles. The SMILES string of the molecule is O=C(c1cc2c(F)cccc2s1)N1CCN(Cc2ccccn2)CC1. The predicted molar refractivity (Wildman–Crippen MR) is 97.2 cm³/mol. The van der Waals surface area contributed by atoms with Crippen molar-refractivity contribution in [2.24, 2.45) is 0 Å². The van der Waals surface area contributed by atoms with E-state index in [1.807, 2.05) is 29.2 Å². The molecule has 3 aromatic rings. The van der Waals surface area contributed by atoms with Crippen molar-refractivity contribution >= 4 is 27.3 Å². The summed E-state index contributed by atoms with van der Waals surface area (Å²) in [5.41, 5.74) is 1.04. The quantitative estimate of drug-likeness (QED) is 0.723. The minimum Gasteiger partial charge on any atom is -0.335 e. The maximum atomic E-state index is 13.8. The van der Waals surface area contributed by atoms with Crippen molar-refractivity contribution in [1.29, 1.82) is 0 Å². The Morgan fingerprint density at radius 3 is 2.68 bits per heavy atom. The highest BCUT2D eigenvalue weighted by Crippen LogP contribution is 2.28. The fraction of sp³-hybridized carbons (Fsp3) is 0.263. The molecular formula is C19H18FN3OS. The number of fused-ring (bicyclic) bond motifs is 1. The molecule has 0 radical (unpaired) electrons. The fourth-order valence-corrected chi connectivity index (χ4v) is 4.16. The molecular weight excluding hydrogens is 337 g/mol. The molecule has 0 spiro atoms. The number of piperazine rings is 1. The summed E-state index contributed by atoms with van der Waals surface area (Å²) in [6.07, 6.45) is 1.80. The number of halogens is 1. The van der Waals surface area contributed by atoms with Gasteiger partial charge in [0, 0.05) is 49.0 Å². The first-order valence-electron chi connectivity index (χ1n) is 8.30. The van der Waals surface area contributed by atoms with E-state index in [4.69, 9.17) is 0 Å². The third kappa shape index (κ3) is 3.41. The van der Waals surface area contributed by atoms with Crippen LogP contribution in [0.4, 0.5) is 4.39 Å². The molecule has 1 amide bonds. The molecule has 0 atom stereocenters. The Hall–Kier alpha value is -2.31. The minimum atomic E-state index is -0.270. The van der Waals surface area contributed by atoms with Crippen molar-refractivity contribution < 1.29 is 9.18 Å². The number of carbonyl (C=O) groups is 1. The molecule has 0 N–H and O–H groups in total. The highest BCUT2D eigenvalue weighted by molar-refractivity contribution is 7.20. The molecule has 1 aliphatic heterocycles. The number of rotatable bonds is 3. The number of pyridine rings is 1. The molecule has 1 aromatic carbocycles. The lowest BCUT2D eigenvalue weighted by Gasteiger charge is -2.34. The molecule has 1 aliphatic rings. The van der Waals surface area contributed by atoms with Gasteiger partial charge in [-0.3, -0.25) is 14.7 Å². The Morgan fingerprint density at radius 2 is 1.96 bits per heavy atom. The van der Waals surface area contributed by atoms with Crippen molar-refractivity contribution in [3.8, 4) is 0 Å². The molecule has 128 valence electrons. The monoisotopic (exact) mass is 355 g/mol. The van der Waals surface area contributed by atoms with Gasteiger partial charge >= 0.3 is 0 Å². The van der Waals surface area contributed by atoms with Crippen LogP contribution in [0.3, 0.4) is 0 Å². The molecule has 2 aromatic heterocycles. The number of amides is 1. The maximum absolute atomic E-state index is 13.8. The van der Waals surface area contributed by atoms with Gasteiger partial charge in [0.15, 0.2) is 0 Å². The lowest BCUT2D eigenvalue weighted by molar-refractivity contribution is 0.0632. The summed E-state index contributed by atoms with van der Waals surface area (Å²) in [4.78, 5) is 21.9. The second-order valence-corrected chi connectivity index (χ2v) is 7.24. The van der Waals surface area contributed by atoms with Crippen LogP contribution in [-0.2, 0) is 6.54 Å². The summed E-state index contributed by atoms with van der Waals surface area (Å²) in [6, 6.07) is 12.6. The molecule has 4 nitrogen and oxygen atoms in total. The van der Waals surface area contributed by atoms with Gasteiger partial charge in [-0.25, -0.2) is 4.39 Å². The van der Waals surface area contributed by atoms with Gasteiger partial charge in [-0.05, 0) is 30.3 Å². The smallest absolute Gasteiger partial charge is 0.264 e. The third-order valence-electron chi connectivity index (χ3n) is 4.49. The Bertz CT molecular complexity index is 888. The van der Waals surface area contributed by atoms with Crippen LogP contribution >= 0.6 is 11.3 Å². The maximum Gasteiger partial charge on any atom is 0.264 e. The summed E-state index contributed by atoms with van der Waals surface area (Å²) in [6.45, 7) is 3.81. The van der Waals surface area contributed by atoms with Gasteiger partial charge in [0.2, 0.25) is 0 Å². The van der Waals surface area contributed by atoms with Crippen molar-refractivity contribution in [2.75, 3.05) is 26.2 Å². The summed E-state index contributed by atoms with van der Waals surface area (Å²) >= 11 is 1.36.